The topological polar surface area (TPSA) is 51.2 Å². The number of rotatable bonds is 2. The first-order valence-electron chi connectivity index (χ1n) is 5.96. The van der Waals surface area contributed by atoms with E-state index in [-0.39, 0.29) is 5.41 Å². The number of benzene rings is 1. The van der Waals surface area contributed by atoms with E-state index in [0.717, 1.165) is 5.69 Å². The number of nitrogens with one attached hydrogen (secondary N) is 1. The average Bonchev–Trinajstić information content (AvgIpc) is 2.78. The first-order chi connectivity index (χ1) is 8.95. The molecule has 1 amide bonds. The van der Waals surface area contributed by atoms with E-state index < -0.39 is 6.09 Å². The van der Waals surface area contributed by atoms with Crippen molar-refractivity contribution in [2.24, 2.45) is 0 Å². The molecule has 4 nitrogen and oxygen atoms in total. The fourth-order valence-electron chi connectivity index (χ4n) is 1.41. The molecule has 0 radical (unpaired) electrons. The molecule has 1 N–H and O–H groups in total. The highest BCUT2D eigenvalue weighted by Crippen LogP contribution is 2.26. The third-order valence-corrected chi connectivity index (χ3v) is 3.16. The van der Waals surface area contributed by atoms with E-state index in [1.54, 1.807) is 12.1 Å². The van der Waals surface area contributed by atoms with Gasteiger partial charge in [0.15, 0.2) is 0 Å². The Balaban J connectivity index is 1.98. The van der Waals surface area contributed by atoms with Crippen molar-refractivity contribution in [1.82, 2.24) is 4.37 Å². The van der Waals surface area contributed by atoms with E-state index in [1.165, 1.54) is 11.5 Å². The highest BCUT2D eigenvalue weighted by atomic mass is 32.1. The molecule has 0 bridgehead atoms. The number of aromatic nitrogens is 1. The molecule has 5 heteroatoms. The summed E-state index contributed by atoms with van der Waals surface area (Å²) >= 11 is 1.25. The molecule has 2 aromatic rings. The van der Waals surface area contributed by atoms with Crippen LogP contribution in [0.15, 0.2) is 36.4 Å². The van der Waals surface area contributed by atoms with Crippen LogP contribution in [-0.2, 0) is 5.41 Å². The van der Waals surface area contributed by atoms with Gasteiger partial charge in [-0.2, -0.15) is 4.37 Å². The maximum Gasteiger partial charge on any atom is 0.417 e. The van der Waals surface area contributed by atoms with Crippen LogP contribution >= 0.6 is 11.5 Å². The van der Waals surface area contributed by atoms with Gasteiger partial charge in [0.05, 0.1) is 5.69 Å². The average molecular weight is 276 g/mol. The monoisotopic (exact) mass is 276 g/mol. The maximum atomic E-state index is 11.7. The van der Waals surface area contributed by atoms with Crippen LogP contribution in [0.25, 0.3) is 0 Å². The molecule has 0 spiro atoms. The summed E-state index contributed by atoms with van der Waals surface area (Å²) in [5, 5.41) is 3.36. The minimum atomic E-state index is -0.504. The third kappa shape index (κ3) is 3.79. The summed E-state index contributed by atoms with van der Waals surface area (Å²) in [5.74, 6) is 0.514. The summed E-state index contributed by atoms with van der Waals surface area (Å²) in [7, 11) is 0. The van der Waals surface area contributed by atoms with Crippen LogP contribution in [0.2, 0.25) is 0 Å². The molecule has 1 aromatic heterocycles. The molecule has 0 aliphatic carbocycles. The van der Waals surface area contributed by atoms with Gasteiger partial charge in [-0.3, -0.25) is 5.32 Å². The van der Waals surface area contributed by atoms with Gasteiger partial charge in [-0.05, 0) is 29.7 Å². The summed E-state index contributed by atoms with van der Waals surface area (Å²) in [6, 6.07) is 10.8. The van der Waals surface area contributed by atoms with Crippen molar-refractivity contribution in [2.75, 3.05) is 5.32 Å². The Kier molecular flexibility index (Phi) is 3.85. The van der Waals surface area contributed by atoms with Crippen molar-refractivity contribution in [1.29, 1.82) is 0 Å². The van der Waals surface area contributed by atoms with Crippen LogP contribution in [0, 0.1) is 0 Å². The van der Waals surface area contributed by atoms with Crippen LogP contribution < -0.4 is 10.1 Å². The Morgan fingerprint density at radius 3 is 2.53 bits per heavy atom. The van der Waals surface area contributed by atoms with Gasteiger partial charge in [0, 0.05) is 5.41 Å². The SMILES string of the molecule is CC(C)(C)c1cc(NC(=O)Oc2ccccc2)sn1. The van der Waals surface area contributed by atoms with Gasteiger partial charge >= 0.3 is 6.09 Å². The fraction of sp³-hybridized carbons (Fsp3) is 0.286. The molecule has 100 valence electrons. The number of amides is 1. The Morgan fingerprint density at radius 2 is 1.95 bits per heavy atom. The zero-order chi connectivity index (χ0) is 13.9. The van der Waals surface area contributed by atoms with Crippen LogP contribution in [0.3, 0.4) is 0 Å². The zero-order valence-corrected chi connectivity index (χ0v) is 12.0. The molecule has 0 saturated carbocycles. The molecule has 2 rings (SSSR count). The Hall–Kier alpha value is -1.88. The minimum absolute atomic E-state index is 0.0280. The van der Waals surface area contributed by atoms with Gasteiger partial charge in [0.2, 0.25) is 0 Å². The number of nitrogens with zero attached hydrogens (tertiary/aromatic N) is 1. The van der Waals surface area contributed by atoms with Gasteiger partial charge in [-0.25, -0.2) is 4.79 Å². The predicted molar refractivity (Wildman–Crippen MR) is 76.9 cm³/mol. The van der Waals surface area contributed by atoms with Gasteiger partial charge in [-0.1, -0.05) is 39.0 Å². The predicted octanol–water partition coefficient (Wildman–Crippen LogP) is 4.05. The third-order valence-electron chi connectivity index (χ3n) is 2.46. The summed E-state index contributed by atoms with van der Waals surface area (Å²) < 4.78 is 9.46. The van der Waals surface area contributed by atoms with Crippen LogP contribution in [0.4, 0.5) is 9.80 Å². The number of anilines is 1. The largest absolute Gasteiger partial charge is 0.417 e. The van der Waals surface area contributed by atoms with Crippen molar-refractivity contribution in [3.8, 4) is 5.75 Å². The molecule has 1 heterocycles. The zero-order valence-electron chi connectivity index (χ0n) is 11.1. The molecule has 0 unspecified atom stereocenters. The lowest BCUT2D eigenvalue weighted by Gasteiger charge is -2.13. The second kappa shape index (κ2) is 5.40. The van der Waals surface area contributed by atoms with Crippen molar-refractivity contribution >= 4 is 22.6 Å². The van der Waals surface area contributed by atoms with Crippen molar-refractivity contribution in [2.45, 2.75) is 26.2 Å². The molecule has 0 aliphatic heterocycles. The maximum absolute atomic E-state index is 11.7. The summed E-state index contributed by atoms with van der Waals surface area (Å²) in [6.07, 6.45) is -0.504. The lowest BCUT2D eigenvalue weighted by molar-refractivity contribution is 0.215. The first-order valence-corrected chi connectivity index (χ1v) is 6.73. The van der Waals surface area contributed by atoms with Gasteiger partial charge in [0.25, 0.3) is 0 Å². The molecule has 0 saturated heterocycles. The van der Waals surface area contributed by atoms with E-state index in [4.69, 9.17) is 4.74 Å². The normalized spacial score (nSPS) is 11.1. The number of ether oxygens (including phenoxy) is 1. The molecule has 0 atom stereocenters. The second-order valence-corrected chi connectivity index (χ2v) is 5.96. The van der Waals surface area contributed by atoms with E-state index in [1.807, 2.05) is 24.3 Å². The van der Waals surface area contributed by atoms with Crippen LogP contribution in [-0.4, -0.2) is 10.5 Å². The molecule has 1 aromatic carbocycles. The highest BCUT2D eigenvalue weighted by molar-refractivity contribution is 7.10. The summed E-state index contributed by atoms with van der Waals surface area (Å²) in [6.45, 7) is 6.23. The van der Waals surface area contributed by atoms with Crippen molar-refractivity contribution < 1.29 is 9.53 Å². The number of carbonyl (C=O) groups excluding carboxylic acids is 1. The standard InChI is InChI=1S/C14H16N2O2S/c1-14(2,3)11-9-12(19-16-11)15-13(17)18-10-7-5-4-6-8-10/h4-9H,1-3H3,(H,15,17). The van der Waals surface area contributed by atoms with Gasteiger partial charge in [0.1, 0.15) is 10.8 Å². The Morgan fingerprint density at radius 1 is 1.26 bits per heavy atom. The second-order valence-electron chi connectivity index (χ2n) is 5.15. The smallest absolute Gasteiger partial charge is 0.410 e. The Bertz CT molecular complexity index is 558. The quantitative estimate of drug-likeness (QED) is 0.900. The number of hydrogen-bond acceptors (Lipinski definition) is 4. The number of carbonyl (C=O) groups is 1. The number of hydrogen-bond donors (Lipinski definition) is 1. The summed E-state index contributed by atoms with van der Waals surface area (Å²) in [5.41, 5.74) is 0.923. The molecule has 0 aliphatic rings. The fourth-order valence-corrected chi connectivity index (χ4v) is 2.23. The van der Waals surface area contributed by atoms with Crippen molar-refractivity contribution in [3.05, 3.63) is 42.1 Å². The molecular weight excluding hydrogens is 260 g/mol. The molecular formula is C14H16N2O2S. The van der Waals surface area contributed by atoms with E-state index in [2.05, 4.69) is 30.5 Å². The number of para-hydroxylation sites is 1. The van der Waals surface area contributed by atoms with Crippen LogP contribution in [0.1, 0.15) is 26.5 Å². The highest BCUT2D eigenvalue weighted by Gasteiger charge is 2.18. The summed E-state index contributed by atoms with van der Waals surface area (Å²) in [4.78, 5) is 11.7. The first kappa shape index (κ1) is 13.5. The lowest BCUT2D eigenvalue weighted by Crippen LogP contribution is -2.16. The lowest BCUT2D eigenvalue weighted by atomic mass is 9.92. The van der Waals surface area contributed by atoms with Crippen molar-refractivity contribution in [3.63, 3.8) is 0 Å². The van der Waals surface area contributed by atoms with Gasteiger partial charge < -0.3 is 4.74 Å². The Labute approximate surface area is 116 Å². The minimum Gasteiger partial charge on any atom is -0.410 e. The molecule has 19 heavy (non-hydrogen) atoms. The molecule has 0 fully saturated rings. The van der Waals surface area contributed by atoms with Gasteiger partial charge in [-0.15, -0.1) is 0 Å². The van der Waals surface area contributed by atoms with E-state index in [9.17, 15) is 4.79 Å². The van der Waals surface area contributed by atoms with E-state index in [0.29, 0.717) is 10.8 Å². The van der Waals surface area contributed by atoms with Crippen LogP contribution in [0.5, 0.6) is 5.75 Å². The van der Waals surface area contributed by atoms with E-state index >= 15 is 0 Å².